The highest BCUT2D eigenvalue weighted by molar-refractivity contribution is 5.79. The lowest BCUT2D eigenvalue weighted by Gasteiger charge is -2.12. The first-order valence-corrected chi connectivity index (χ1v) is 10.4. The van der Waals surface area contributed by atoms with Crippen LogP contribution in [0, 0.1) is 11.7 Å². The summed E-state index contributed by atoms with van der Waals surface area (Å²) in [6, 6.07) is 18.6. The Morgan fingerprint density at radius 3 is 2.81 bits per heavy atom. The zero-order valence-corrected chi connectivity index (χ0v) is 17.0. The number of hydrogen-bond donors (Lipinski definition) is 2. The van der Waals surface area contributed by atoms with Crippen molar-refractivity contribution >= 4 is 22.4 Å². The van der Waals surface area contributed by atoms with Gasteiger partial charge < -0.3 is 15.8 Å². The summed E-state index contributed by atoms with van der Waals surface area (Å²) in [5.74, 6) is 1.05. The van der Waals surface area contributed by atoms with E-state index in [0.29, 0.717) is 41.8 Å². The van der Waals surface area contributed by atoms with Crippen LogP contribution in [0.15, 0.2) is 66.9 Å². The van der Waals surface area contributed by atoms with Crippen molar-refractivity contribution in [3.05, 3.63) is 78.2 Å². The summed E-state index contributed by atoms with van der Waals surface area (Å²) in [6.45, 7) is 1.14. The van der Waals surface area contributed by atoms with E-state index in [4.69, 9.17) is 10.5 Å². The molecule has 5 nitrogen and oxygen atoms in total. The van der Waals surface area contributed by atoms with Crippen LogP contribution in [0.4, 0.5) is 15.9 Å². The maximum Gasteiger partial charge on any atom is 0.165 e. The van der Waals surface area contributed by atoms with Crippen molar-refractivity contribution in [2.75, 3.05) is 17.7 Å². The molecule has 6 heteroatoms. The number of rotatable bonds is 7. The van der Waals surface area contributed by atoms with Crippen molar-refractivity contribution in [1.29, 1.82) is 0 Å². The van der Waals surface area contributed by atoms with Gasteiger partial charge in [-0.1, -0.05) is 12.1 Å². The largest absolute Gasteiger partial charge is 0.490 e. The summed E-state index contributed by atoms with van der Waals surface area (Å²) >= 11 is 0. The molecule has 5 rings (SSSR count). The van der Waals surface area contributed by atoms with E-state index in [1.165, 1.54) is 18.9 Å². The van der Waals surface area contributed by atoms with Gasteiger partial charge in [-0.05, 0) is 72.9 Å². The van der Waals surface area contributed by atoms with E-state index in [-0.39, 0.29) is 11.6 Å². The van der Waals surface area contributed by atoms with Crippen molar-refractivity contribution in [2.24, 2.45) is 5.92 Å². The van der Waals surface area contributed by atoms with Gasteiger partial charge in [-0.3, -0.25) is 4.98 Å². The standard InChI is InChI=1S/C25H23FN4O/c26-20-13-19(6-10-24(20)31-15-16-3-4-16)23-9-7-21(27)25(30-23)29-14-17-5-8-22-18(12-17)2-1-11-28-22/h1-2,5-13,16H,3-4,14-15,27H2,(H,29,30). The van der Waals surface area contributed by atoms with Gasteiger partial charge in [0.25, 0.3) is 0 Å². The van der Waals surface area contributed by atoms with Crippen LogP contribution in [0.3, 0.4) is 0 Å². The average molecular weight is 414 g/mol. The van der Waals surface area contributed by atoms with E-state index in [1.807, 2.05) is 30.3 Å². The van der Waals surface area contributed by atoms with Gasteiger partial charge in [-0.15, -0.1) is 0 Å². The van der Waals surface area contributed by atoms with Crippen LogP contribution in [0.2, 0.25) is 0 Å². The molecule has 2 heterocycles. The minimum absolute atomic E-state index is 0.287. The molecule has 2 aromatic carbocycles. The quantitative estimate of drug-likeness (QED) is 0.422. The topological polar surface area (TPSA) is 73.1 Å². The van der Waals surface area contributed by atoms with E-state index in [1.54, 1.807) is 24.4 Å². The highest BCUT2D eigenvalue weighted by atomic mass is 19.1. The first-order chi connectivity index (χ1) is 15.2. The lowest BCUT2D eigenvalue weighted by atomic mass is 10.1. The number of benzene rings is 2. The fourth-order valence-electron chi connectivity index (χ4n) is 3.46. The summed E-state index contributed by atoms with van der Waals surface area (Å²) in [4.78, 5) is 8.96. The minimum Gasteiger partial charge on any atom is -0.490 e. The fraction of sp³-hybridized carbons (Fsp3) is 0.200. The molecule has 31 heavy (non-hydrogen) atoms. The molecule has 0 bridgehead atoms. The van der Waals surface area contributed by atoms with Gasteiger partial charge in [0.1, 0.15) is 5.82 Å². The average Bonchev–Trinajstić information content (AvgIpc) is 3.62. The Morgan fingerprint density at radius 2 is 1.97 bits per heavy atom. The third-order valence-electron chi connectivity index (χ3n) is 5.45. The van der Waals surface area contributed by atoms with E-state index >= 15 is 0 Å². The molecule has 0 saturated heterocycles. The van der Waals surface area contributed by atoms with E-state index in [0.717, 1.165) is 16.5 Å². The SMILES string of the molecule is Nc1ccc(-c2ccc(OCC3CC3)c(F)c2)nc1NCc1ccc2ncccc2c1. The maximum absolute atomic E-state index is 14.5. The molecule has 1 aliphatic carbocycles. The molecular weight excluding hydrogens is 391 g/mol. The molecule has 0 atom stereocenters. The summed E-state index contributed by atoms with van der Waals surface area (Å²) in [7, 11) is 0. The van der Waals surface area contributed by atoms with Gasteiger partial charge in [0.2, 0.25) is 0 Å². The number of ether oxygens (including phenoxy) is 1. The third kappa shape index (κ3) is 4.43. The van der Waals surface area contributed by atoms with Crippen molar-refractivity contribution in [2.45, 2.75) is 19.4 Å². The Bertz CT molecular complexity index is 1240. The fourth-order valence-corrected chi connectivity index (χ4v) is 3.46. The molecule has 2 aromatic heterocycles. The summed E-state index contributed by atoms with van der Waals surface area (Å²) in [5.41, 5.74) is 10.0. The Morgan fingerprint density at radius 1 is 1.06 bits per heavy atom. The molecule has 0 unspecified atom stereocenters. The monoisotopic (exact) mass is 414 g/mol. The lowest BCUT2D eigenvalue weighted by Crippen LogP contribution is -2.05. The highest BCUT2D eigenvalue weighted by Crippen LogP contribution is 2.31. The van der Waals surface area contributed by atoms with Crippen LogP contribution in [0.5, 0.6) is 5.75 Å². The van der Waals surface area contributed by atoms with Gasteiger partial charge in [0, 0.05) is 23.7 Å². The van der Waals surface area contributed by atoms with Crippen LogP contribution < -0.4 is 15.8 Å². The second-order valence-corrected chi connectivity index (χ2v) is 7.92. The molecule has 3 N–H and O–H groups in total. The number of halogens is 1. The van der Waals surface area contributed by atoms with Gasteiger partial charge in [-0.2, -0.15) is 0 Å². The minimum atomic E-state index is -0.379. The predicted molar refractivity (Wildman–Crippen MR) is 121 cm³/mol. The number of aromatic nitrogens is 2. The van der Waals surface area contributed by atoms with Crippen LogP contribution >= 0.6 is 0 Å². The number of hydrogen-bond acceptors (Lipinski definition) is 5. The Labute approximate surface area is 180 Å². The number of nitrogens with one attached hydrogen (secondary N) is 1. The third-order valence-corrected chi connectivity index (χ3v) is 5.45. The summed E-state index contributed by atoms with van der Waals surface area (Å²) < 4.78 is 20.1. The molecule has 156 valence electrons. The predicted octanol–water partition coefficient (Wildman–Crippen LogP) is 5.42. The molecule has 1 fully saturated rings. The van der Waals surface area contributed by atoms with Crippen molar-refractivity contribution in [3.8, 4) is 17.0 Å². The summed E-state index contributed by atoms with van der Waals surface area (Å²) in [6.07, 6.45) is 4.12. The Kier molecular flexibility index (Phi) is 5.12. The van der Waals surface area contributed by atoms with Crippen LogP contribution in [-0.2, 0) is 6.54 Å². The molecule has 1 saturated carbocycles. The molecule has 0 amide bonds. The maximum atomic E-state index is 14.5. The van der Waals surface area contributed by atoms with Crippen molar-refractivity contribution in [1.82, 2.24) is 9.97 Å². The number of fused-ring (bicyclic) bond motifs is 1. The van der Waals surface area contributed by atoms with E-state index in [9.17, 15) is 4.39 Å². The molecular formula is C25H23FN4O. The highest BCUT2D eigenvalue weighted by Gasteiger charge is 2.22. The van der Waals surface area contributed by atoms with Gasteiger partial charge in [0.05, 0.1) is 23.5 Å². The first kappa shape index (κ1) is 19.3. The first-order valence-electron chi connectivity index (χ1n) is 10.4. The Hall–Kier alpha value is -3.67. The van der Waals surface area contributed by atoms with Gasteiger partial charge in [0.15, 0.2) is 11.6 Å². The lowest BCUT2D eigenvalue weighted by molar-refractivity contribution is 0.285. The zero-order chi connectivity index (χ0) is 21.2. The molecule has 0 aliphatic heterocycles. The molecule has 1 aliphatic rings. The second-order valence-electron chi connectivity index (χ2n) is 7.92. The smallest absolute Gasteiger partial charge is 0.165 e. The molecule has 0 spiro atoms. The second kappa shape index (κ2) is 8.22. The van der Waals surface area contributed by atoms with Crippen LogP contribution in [0.25, 0.3) is 22.2 Å². The number of nitrogens with two attached hydrogens (primary N) is 1. The van der Waals surface area contributed by atoms with Crippen molar-refractivity contribution < 1.29 is 9.13 Å². The molecule has 0 radical (unpaired) electrons. The Balaban J connectivity index is 1.32. The zero-order valence-electron chi connectivity index (χ0n) is 17.0. The molecule has 4 aromatic rings. The number of pyridine rings is 2. The number of nitrogens with zero attached hydrogens (tertiary/aromatic N) is 2. The normalized spacial score (nSPS) is 13.3. The van der Waals surface area contributed by atoms with Crippen LogP contribution in [0.1, 0.15) is 18.4 Å². The van der Waals surface area contributed by atoms with Crippen LogP contribution in [-0.4, -0.2) is 16.6 Å². The van der Waals surface area contributed by atoms with Gasteiger partial charge >= 0.3 is 0 Å². The van der Waals surface area contributed by atoms with Gasteiger partial charge in [-0.25, -0.2) is 9.37 Å². The summed E-state index contributed by atoms with van der Waals surface area (Å²) in [5, 5.41) is 4.37. The van der Waals surface area contributed by atoms with E-state index < -0.39 is 0 Å². The number of anilines is 2. The number of nitrogen functional groups attached to an aromatic ring is 1. The van der Waals surface area contributed by atoms with E-state index in [2.05, 4.69) is 21.4 Å². The van der Waals surface area contributed by atoms with Crippen molar-refractivity contribution in [3.63, 3.8) is 0 Å².